The zero-order valence-corrected chi connectivity index (χ0v) is 8.67. The van der Waals surface area contributed by atoms with E-state index in [4.69, 9.17) is 0 Å². The first-order chi connectivity index (χ1) is 6.20. The van der Waals surface area contributed by atoms with E-state index in [0.717, 1.165) is 6.42 Å². The molecular weight excluding hydrogens is 160 g/mol. The molecule has 2 heteroatoms. The highest BCUT2D eigenvalue weighted by Gasteiger charge is 2.25. The maximum Gasteiger partial charge on any atom is 0.0331 e. The molecule has 2 atom stereocenters. The summed E-state index contributed by atoms with van der Waals surface area (Å²) < 4.78 is 0. The maximum atomic E-state index is 3.82. The molecule has 13 heavy (non-hydrogen) atoms. The van der Waals surface area contributed by atoms with Gasteiger partial charge in [0.2, 0.25) is 0 Å². The average Bonchev–Trinajstić information content (AvgIpc) is 2.47. The van der Waals surface area contributed by atoms with Crippen molar-refractivity contribution in [2.45, 2.75) is 33.2 Å². The van der Waals surface area contributed by atoms with Crippen LogP contribution in [0.25, 0.3) is 0 Å². The third-order valence-corrected chi connectivity index (χ3v) is 2.62. The number of nitrogens with one attached hydrogen (secondary N) is 1. The van der Waals surface area contributed by atoms with Crippen molar-refractivity contribution >= 4 is 6.72 Å². The molecule has 1 aliphatic heterocycles. The molecule has 1 rings (SSSR count). The monoisotopic (exact) mass is 178 g/mol. The van der Waals surface area contributed by atoms with Gasteiger partial charge in [-0.05, 0) is 44.3 Å². The number of rotatable bonds is 3. The smallest absolute Gasteiger partial charge is 0.0331 e. The van der Waals surface area contributed by atoms with Crippen LogP contribution in [0, 0.1) is 5.92 Å². The lowest BCUT2D eigenvalue weighted by atomic mass is 9.88. The van der Waals surface area contributed by atoms with Crippen molar-refractivity contribution in [3.8, 4) is 0 Å². The van der Waals surface area contributed by atoms with E-state index in [2.05, 4.69) is 44.0 Å². The lowest BCUT2D eigenvalue weighted by Crippen LogP contribution is -2.24. The van der Waals surface area contributed by atoms with Gasteiger partial charge in [0.15, 0.2) is 0 Å². The van der Waals surface area contributed by atoms with E-state index >= 15 is 0 Å². The van der Waals surface area contributed by atoms with E-state index in [9.17, 15) is 0 Å². The summed E-state index contributed by atoms with van der Waals surface area (Å²) in [5.74, 6) is 0.510. The Hall–Kier alpha value is -1.05. The Bertz CT molecular complexity index is 251. The zero-order valence-electron chi connectivity index (χ0n) is 8.67. The van der Waals surface area contributed by atoms with E-state index < -0.39 is 0 Å². The highest BCUT2D eigenvalue weighted by atomic mass is 14.9. The molecule has 0 amide bonds. The van der Waals surface area contributed by atoms with Gasteiger partial charge in [-0.15, -0.1) is 0 Å². The minimum Gasteiger partial charge on any atom is -0.388 e. The third kappa shape index (κ3) is 2.00. The Kier molecular flexibility index (Phi) is 3.29. The van der Waals surface area contributed by atoms with Crippen LogP contribution in [0.4, 0.5) is 0 Å². The van der Waals surface area contributed by atoms with Crippen molar-refractivity contribution in [2.75, 3.05) is 0 Å². The first-order valence-electron chi connectivity index (χ1n) is 4.78. The lowest BCUT2D eigenvalue weighted by molar-refractivity contribution is 0.552. The normalized spacial score (nSPS) is 28.2. The first-order valence-corrected chi connectivity index (χ1v) is 4.78. The molecule has 72 valence electrons. The van der Waals surface area contributed by atoms with E-state index in [1.54, 1.807) is 0 Å². The third-order valence-electron chi connectivity index (χ3n) is 2.62. The Balaban J connectivity index is 2.82. The first kappa shape index (κ1) is 10.0. The Morgan fingerprint density at radius 3 is 3.00 bits per heavy atom. The van der Waals surface area contributed by atoms with Gasteiger partial charge in [0.1, 0.15) is 0 Å². The Labute approximate surface area is 80.4 Å². The van der Waals surface area contributed by atoms with Gasteiger partial charge in [-0.1, -0.05) is 6.92 Å². The standard InChI is InChI=1S/C11H18N2/c1-5-10-7-13-9(3)11(10)8(2)6-12-4/h6-7,9,11,13H,4-5H2,1-3H3/b8-6-. The predicted molar refractivity (Wildman–Crippen MR) is 57.8 cm³/mol. The second-order valence-electron chi connectivity index (χ2n) is 3.56. The molecule has 0 fully saturated rings. The molecule has 0 aromatic heterocycles. The molecule has 2 unspecified atom stereocenters. The van der Waals surface area contributed by atoms with Crippen molar-refractivity contribution in [3.63, 3.8) is 0 Å². The summed E-state index contributed by atoms with van der Waals surface area (Å²) >= 11 is 0. The molecule has 0 aromatic rings. The topological polar surface area (TPSA) is 24.4 Å². The van der Waals surface area contributed by atoms with E-state index in [1.165, 1.54) is 11.1 Å². The van der Waals surface area contributed by atoms with Crippen molar-refractivity contribution in [1.29, 1.82) is 0 Å². The summed E-state index contributed by atoms with van der Waals surface area (Å²) in [6.07, 6.45) is 5.09. The van der Waals surface area contributed by atoms with Crippen LogP contribution in [-0.2, 0) is 0 Å². The van der Waals surface area contributed by atoms with Gasteiger partial charge in [0.25, 0.3) is 0 Å². The van der Waals surface area contributed by atoms with Gasteiger partial charge in [-0.3, -0.25) is 4.99 Å². The lowest BCUT2D eigenvalue weighted by Gasteiger charge is -2.19. The fraction of sp³-hybridized carbons (Fsp3) is 0.545. The summed E-state index contributed by atoms with van der Waals surface area (Å²) in [4.78, 5) is 3.82. The maximum absolute atomic E-state index is 3.82. The molecule has 1 aliphatic rings. The van der Waals surface area contributed by atoms with E-state index in [1.807, 2.05) is 6.20 Å². The minimum absolute atomic E-state index is 0.493. The molecule has 0 radical (unpaired) electrons. The molecule has 0 aliphatic carbocycles. The Morgan fingerprint density at radius 2 is 2.46 bits per heavy atom. The largest absolute Gasteiger partial charge is 0.388 e. The van der Waals surface area contributed by atoms with Gasteiger partial charge in [-0.25, -0.2) is 0 Å². The van der Waals surface area contributed by atoms with Crippen LogP contribution in [0.5, 0.6) is 0 Å². The van der Waals surface area contributed by atoms with Gasteiger partial charge >= 0.3 is 0 Å². The van der Waals surface area contributed by atoms with Crippen LogP contribution in [0.15, 0.2) is 28.5 Å². The quantitative estimate of drug-likeness (QED) is 0.660. The van der Waals surface area contributed by atoms with Crippen molar-refractivity contribution < 1.29 is 0 Å². The number of aliphatic imine (C=N–C) groups is 1. The van der Waals surface area contributed by atoms with Gasteiger partial charge in [0, 0.05) is 18.2 Å². The molecule has 0 saturated heterocycles. The van der Waals surface area contributed by atoms with Gasteiger partial charge in [0.05, 0.1) is 0 Å². The molecular formula is C11H18N2. The van der Waals surface area contributed by atoms with Crippen LogP contribution in [0.2, 0.25) is 0 Å². The van der Waals surface area contributed by atoms with Crippen LogP contribution < -0.4 is 5.32 Å². The average molecular weight is 178 g/mol. The van der Waals surface area contributed by atoms with Crippen LogP contribution >= 0.6 is 0 Å². The summed E-state index contributed by atoms with van der Waals surface area (Å²) in [5, 5.41) is 3.34. The SMILES string of the molecule is C=N/C=C(/C)C1C(CC)=CNC1C. The predicted octanol–water partition coefficient (Wildman–Crippen LogP) is 2.49. The summed E-state index contributed by atoms with van der Waals surface area (Å²) in [6.45, 7) is 9.99. The molecule has 2 nitrogen and oxygen atoms in total. The van der Waals surface area contributed by atoms with Crippen LogP contribution in [-0.4, -0.2) is 12.8 Å². The molecule has 0 saturated carbocycles. The number of hydrogen-bond acceptors (Lipinski definition) is 2. The highest BCUT2D eigenvalue weighted by molar-refractivity contribution is 5.30. The molecule has 1 N–H and O–H groups in total. The summed E-state index contributed by atoms with van der Waals surface area (Å²) in [7, 11) is 0. The van der Waals surface area contributed by atoms with Gasteiger partial charge < -0.3 is 5.32 Å². The summed E-state index contributed by atoms with van der Waals surface area (Å²) in [5.41, 5.74) is 2.76. The molecule has 0 spiro atoms. The van der Waals surface area contributed by atoms with Crippen LogP contribution in [0.1, 0.15) is 27.2 Å². The number of nitrogens with zero attached hydrogens (tertiary/aromatic N) is 1. The van der Waals surface area contributed by atoms with Crippen molar-refractivity contribution in [1.82, 2.24) is 5.32 Å². The zero-order chi connectivity index (χ0) is 9.84. The van der Waals surface area contributed by atoms with Crippen molar-refractivity contribution in [3.05, 3.63) is 23.5 Å². The fourth-order valence-electron chi connectivity index (χ4n) is 1.98. The minimum atomic E-state index is 0.493. The second kappa shape index (κ2) is 4.26. The second-order valence-corrected chi connectivity index (χ2v) is 3.56. The molecule has 1 heterocycles. The molecule has 0 bridgehead atoms. The number of hydrogen-bond donors (Lipinski definition) is 1. The van der Waals surface area contributed by atoms with Crippen molar-refractivity contribution in [2.24, 2.45) is 10.9 Å². The fourth-order valence-corrected chi connectivity index (χ4v) is 1.98. The Morgan fingerprint density at radius 1 is 1.77 bits per heavy atom. The van der Waals surface area contributed by atoms with Gasteiger partial charge in [-0.2, -0.15) is 0 Å². The van der Waals surface area contributed by atoms with Crippen LogP contribution in [0.3, 0.4) is 0 Å². The molecule has 0 aromatic carbocycles. The van der Waals surface area contributed by atoms with E-state index in [-0.39, 0.29) is 0 Å². The summed E-state index contributed by atoms with van der Waals surface area (Å²) in [6, 6.07) is 0.493. The highest BCUT2D eigenvalue weighted by Crippen LogP contribution is 2.29. The van der Waals surface area contributed by atoms with E-state index in [0.29, 0.717) is 12.0 Å².